The van der Waals surface area contributed by atoms with Gasteiger partial charge in [-0.3, -0.25) is 9.78 Å². The van der Waals surface area contributed by atoms with Gasteiger partial charge in [0.05, 0.1) is 24.8 Å². The molecule has 1 aliphatic rings. The van der Waals surface area contributed by atoms with Crippen LogP contribution >= 0.6 is 0 Å². The van der Waals surface area contributed by atoms with Crippen molar-refractivity contribution in [2.45, 2.75) is 13.0 Å². The smallest absolute Gasteiger partial charge is 0.262 e. The number of nitrogens with zero attached hydrogens (tertiary/aromatic N) is 5. The predicted molar refractivity (Wildman–Crippen MR) is 112 cm³/mol. The number of aryl methyl sites for hydroxylation is 1. The van der Waals surface area contributed by atoms with E-state index in [0.29, 0.717) is 47.4 Å². The van der Waals surface area contributed by atoms with Crippen molar-refractivity contribution in [2.24, 2.45) is 0 Å². The van der Waals surface area contributed by atoms with Gasteiger partial charge >= 0.3 is 0 Å². The average molecular weight is 413 g/mol. The molecule has 0 atom stereocenters. The molecule has 1 amide bonds. The minimum absolute atomic E-state index is 0.0161. The molecule has 2 aromatic carbocycles. The molecule has 3 heterocycles. The number of carbonyl (C=O) groups excluding carboxylic acids is 1. The first kappa shape index (κ1) is 18.9. The molecule has 1 fully saturated rings. The summed E-state index contributed by atoms with van der Waals surface area (Å²) in [4.78, 5) is 27.1. The van der Waals surface area contributed by atoms with Crippen molar-refractivity contribution in [2.75, 3.05) is 13.1 Å². The minimum atomic E-state index is -0.0997. The molecule has 5 rings (SSSR count). The van der Waals surface area contributed by atoms with Gasteiger partial charge in [0.15, 0.2) is 0 Å². The highest BCUT2D eigenvalue weighted by Crippen LogP contribution is 2.31. The first-order valence-electron chi connectivity index (χ1n) is 9.89. The van der Waals surface area contributed by atoms with Crippen LogP contribution < -0.4 is 4.74 Å². The summed E-state index contributed by atoms with van der Waals surface area (Å²) in [6, 6.07) is 15.1. The van der Waals surface area contributed by atoms with Crippen LogP contribution in [0.4, 0.5) is 0 Å². The molecule has 1 aliphatic heterocycles. The highest BCUT2D eigenvalue weighted by molar-refractivity contribution is 5.95. The predicted octanol–water partition coefficient (Wildman–Crippen LogP) is 3.41. The van der Waals surface area contributed by atoms with Gasteiger partial charge in [-0.1, -0.05) is 35.0 Å². The Bertz CT molecular complexity index is 1220. The number of benzene rings is 2. The summed E-state index contributed by atoms with van der Waals surface area (Å²) in [7, 11) is 0. The molecule has 0 unspecified atom stereocenters. The Balaban J connectivity index is 1.28. The minimum Gasteiger partial charge on any atom is -0.486 e. The van der Waals surface area contributed by atoms with Crippen LogP contribution in [0.2, 0.25) is 0 Å². The third-order valence-corrected chi connectivity index (χ3v) is 5.03. The van der Waals surface area contributed by atoms with E-state index in [4.69, 9.17) is 9.26 Å². The molecule has 0 aliphatic carbocycles. The van der Waals surface area contributed by atoms with Crippen LogP contribution in [0.3, 0.4) is 0 Å². The van der Waals surface area contributed by atoms with Crippen molar-refractivity contribution in [3.63, 3.8) is 0 Å². The Hall–Kier alpha value is -4.07. The Morgan fingerprint density at radius 1 is 1.13 bits per heavy atom. The molecule has 0 saturated carbocycles. The maximum atomic E-state index is 12.6. The summed E-state index contributed by atoms with van der Waals surface area (Å²) in [6.45, 7) is 3.02. The van der Waals surface area contributed by atoms with Gasteiger partial charge in [0, 0.05) is 18.0 Å². The first-order chi connectivity index (χ1) is 15.2. The van der Waals surface area contributed by atoms with Crippen LogP contribution in [0, 0.1) is 6.92 Å². The largest absolute Gasteiger partial charge is 0.486 e. The zero-order valence-electron chi connectivity index (χ0n) is 16.8. The molecule has 8 heteroatoms. The Morgan fingerprint density at radius 3 is 2.81 bits per heavy atom. The monoisotopic (exact) mass is 413 g/mol. The molecule has 4 aromatic rings. The second kappa shape index (κ2) is 7.98. The Labute approximate surface area is 178 Å². The molecule has 154 valence electrons. The molecule has 31 heavy (non-hydrogen) atoms. The molecule has 0 bridgehead atoms. The molecule has 8 nitrogen and oxygen atoms in total. The van der Waals surface area contributed by atoms with Crippen LogP contribution in [0.5, 0.6) is 5.75 Å². The van der Waals surface area contributed by atoms with E-state index in [2.05, 4.69) is 20.1 Å². The lowest BCUT2D eigenvalue weighted by Crippen LogP contribution is -2.56. The number of likely N-dealkylation sites (tertiary alicyclic amines) is 1. The van der Waals surface area contributed by atoms with Crippen molar-refractivity contribution in [1.82, 2.24) is 25.0 Å². The van der Waals surface area contributed by atoms with Crippen molar-refractivity contribution in [3.05, 3.63) is 78.2 Å². The number of hydrogen-bond donors (Lipinski definition) is 0. The van der Waals surface area contributed by atoms with E-state index in [0.717, 1.165) is 5.56 Å². The first-order valence-corrected chi connectivity index (χ1v) is 9.89. The van der Waals surface area contributed by atoms with Crippen LogP contribution in [-0.2, 0) is 0 Å². The number of ether oxygens (including phenoxy) is 1. The Kier molecular flexibility index (Phi) is 4.87. The highest BCUT2D eigenvalue weighted by Gasteiger charge is 2.33. The van der Waals surface area contributed by atoms with E-state index in [1.54, 1.807) is 23.5 Å². The fourth-order valence-corrected chi connectivity index (χ4v) is 3.42. The summed E-state index contributed by atoms with van der Waals surface area (Å²) in [6.07, 6.45) is 4.63. The van der Waals surface area contributed by atoms with E-state index in [9.17, 15) is 4.79 Å². The zero-order valence-corrected chi connectivity index (χ0v) is 16.8. The molecule has 0 N–H and O–H groups in total. The van der Waals surface area contributed by atoms with E-state index >= 15 is 0 Å². The fraction of sp³-hybridized carbons (Fsp3) is 0.174. The lowest BCUT2D eigenvalue weighted by atomic mass is 10.1. The summed E-state index contributed by atoms with van der Waals surface area (Å²) in [5, 5.41) is 4.00. The van der Waals surface area contributed by atoms with Crippen LogP contribution in [0.15, 0.2) is 71.6 Å². The van der Waals surface area contributed by atoms with Crippen molar-refractivity contribution < 1.29 is 14.1 Å². The van der Waals surface area contributed by atoms with Gasteiger partial charge in [0.25, 0.3) is 11.8 Å². The fourth-order valence-electron chi connectivity index (χ4n) is 3.42. The van der Waals surface area contributed by atoms with E-state index in [1.807, 2.05) is 55.5 Å². The Morgan fingerprint density at radius 2 is 2.00 bits per heavy atom. The second-order valence-electron chi connectivity index (χ2n) is 7.33. The van der Waals surface area contributed by atoms with Gasteiger partial charge in [-0.15, -0.1) is 0 Å². The van der Waals surface area contributed by atoms with Gasteiger partial charge in [0.2, 0.25) is 5.82 Å². The maximum absolute atomic E-state index is 12.6. The molecular formula is C23H19N5O3. The maximum Gasteiger partial charge on any atom is 0.262 e. The topological polar surface area (TPSA) is 94.2 Å². The highest BCUT2D eigenvalue weighted by atomic mass is 16.5. The molecule has 2 aromatic heterocycles. The van der Waals surface area contributed by atoms with Gasteiger partial charge in [-0.2, -0.15) is 4.98 Å². The molecular weight excluding hydrogens is 394 g/mol. The second-order valence-corrected chi connectivity index (χ2v) is 7.33. The van der Waals surface area contributed by atoms with Gasteiger partial charge < -0.3 is 14.2 Å². The SMILES string of the molecule is Cc1cccc(C(=O)N2CC(Oc3ccccc3-c3nc(-c4cnccn4)no3)C2)c1. The standard InChI is InChI=1S/C23H19N5O3/c1-15-5-4-6-16(11-15)23(29)28-13-17(14-28)30-20-8-3-2-7-18(20)22-26-21(27-31-22)19-12-24-9-10-25-19/h2-12,17H,13-14H2,1H3. The van der Waals surface area contributed by atoms with Crippen LogP contribution in [0.25, 0.3) is 23.0 Å². The van der Waals surface area contributed by atoms with Gasteiger partial charge in [-0.05, 0) is 31.2 Å². The summed E-state index contributed by atoms with van der Waals surface area (Å²) in [5.41, 5.74) is 2.98. The normalized spacial score (nSPS) is 13.6. The molecule has 1 saturated heterocycles. The number of rotatable bonds is 5. The third-order valence-electron chi connectivity index (χ3n) is 5.03. The van der Waals surface area contributed by atoms with E-state index in [-0.39, 0.29) is 12.0 Å². The zero-order chi connectivity index (χ0) is 21.2. The lowest BCUT2D eigenvalue weighted by Gasteiger charge is -2.39. The third kappa shape index (κ3) is 3.87. The van der Waals surface area contributed by atoms with Crippen LogP contribution in [0.1, 0.15) is 15.9 Å². The molecule has 0 radical (unpaired) electrons. The van der Waals surface area contributed by atoms with E-state index < -0.39 is 0 Å². The number of hydrogen-bond acceptors (Lipinski definition) is 7. The van der Waals surface area contributed by atoms with Crippen molar-refractivity contribution in [1.29, 1.82) is 0 Å². The summed E-state index contributed by atoms with van der Waals surface area (Å²) < 4.78 is 11.6. The summed E-state index contributed by atoms with van der Waals surface area (Å²) in [5.74, 6) is 1.34. The van der Waals surface area contributed by atoms with Crippen molar-refractivity contribution in [3.8, 4) is 28.7 Å². The number of aromatic nitrogens is 4. The van der Waals surface area contributed by atoms with Gasteiger partial charge in [-0.25, -0.2) is 4.98 Å². The van der Waals surface area contributed by atoms with Crippen LogP contribution in [-0.4, -0.2) is 50.1 Å². The average Bonchev–Trinajstić information content (AvgIpc) is 3.26. The number of amides is 1. The van der Waals surface area contributed by atoms with Crippen molar-refractivity contribution >= 4 is 5.91 Å². The molecule has 0 spiro atoms. The lowest BCUT2D eigenvalue weighted by molar-refractivity contribution is 0.0179. The number of para-hydroxylation sites is 1. The summed E-state index contributed by atoms with van der Waals surface area (Å²) >= 11 is 0. The quantitative estimate of drug-likeness (QED) is 0.495. The van der Waals surface area contributed by atoms with E-state index in [1.165, 1.54) is 0 Å². The number of carbonyl (C=O) groups is 1. The van der Waals surface area contributed by atoms with Gasteiger partial charge in [0.1, 0.15) is 17.5 Å².